The highest BCUT2D eigenvalue weighted by molar-refractivity contribution is 5.73. The summed E-state index contributed by atoms with van der Waals surface area (Å²) in [6, 6.07) is 0.198. The molecule has 1 unspecified atom stereocenters. The van der Waals surface area contributed by atoms with Crippen LogP contribution in [0.2, 0.25) is 0 Å². The molecule has 0 bridgehead atoms. The fourth-order valence-electron chi connectivity index (χ4n) is 4.01. The van der Waals surface area contributed by atoms with Gasteiger partial charge in [0.1, 0.15) is 5.60 Å². The second-order valence-electron chi connectivity index (χ2n) is 8.76. The lowest BCUT2D eigenvalue weighted by atomic mass is 9.81. The molecule has 0 spiro atoms. The zero-order chi connectivity index (χ0) is 19.6. The molecule has 0 aromatic carbocycles. The molecule has 0 aromatic heterocycles. The van der Waals surface area contributed by atoms with Crippen molar-refractivity contribution < 1.29 is 24.2 Å². The lowest BCUT2D eigenvalue weighted by Crippen LogP contribution is -2.73. The van der Waals surface area contributed by atoms with E-state index in [4.69, 9.17) is 9.47 Å². The van der Waals surface area contributed by atoms with Gasteiger partial charge in [-0.1, -0.05) is 13.8 Å². The number of hydrogen-bond acceptors (Lipinski definition) is 5. The lowest BCUT2D eigenvalue weighted by Gasteiger charge is -2.52. The van der Waals surface area contributed by atoms with Crippen LogP contribution in [0.25, 0.3) is 0 Å². The Balaban J connectivity index is 2.01. The molecule has 7 nitrogen and oxygen atoms in total. The Morgan fingerprint density at radius 2 is 1.88 bits per heavy atom. The highest BCUT2D eigenvalue weighted by atomic mass is 16.6. The molecule has 2 aliphatic rings. The van der Waals surface area contributed by atoms with E-state index < -0.39 is 17.1 Å². The van der Waals surface area contributed by atoms with E-state index in [1.54, 1.807) is 4.90 Å². The zero-order valence-corrected chi connectivity index (χ0v) is 16.8. The monoisotopic (exact) mass is 370 g/mol. The van der Waals surface area contributed by atoms with Crippen LogP contribution in [-0.4, -0.2) is 64.5 Å². The topological polar surface area (TPSA) is 88.1 Å². The van der Waals surface area contributed by atoms with E-state index in [9.17, 15) is 14.7 Å². The van der Waals surface area contributed by atoms with Crippen molar-refractivity contribution in [2.45, 2.75) is 89.5 Å². The third kappa shape index (κ3) is 5.10. The third-order valence-electron chi connectivity index (χ3n) is 5.42. The maximum Gasteiger partial charge on any atom is 0.410 e. The van der Waals surface area contributed by atoms with Gasteiger partial charge in [0.05, 0.1) is 17.6 Å². The Kier molecular flexibility index (Phi) is 6.23. The van der Waals surface area contributed by atoms with Gasteiger partial charge in [-0.2, -0.15) is 0 Å². The molecule has 0 radical (unpaired) electrons. The van der Waals surface area contributed by atoms with Crippen LogP contribution < -0.4 is 5.32 Å². The Morgan fingerprint density at radius 1 is 1.27 bits per heavy atom. The second-order valence-corrected chi connectivity index (χ2v) is 8.76. The van der Waals surface area contributed by atoms with Crippen molar-refractivity contribution in [1.29, 1.82) is 0 Å². The molecule has 26 heavy (non-hydrogen) atoms. The first kappa shape index (κ1) is 21.0. The molecular weight excluding hydrogens is 336 g/mol. The van der Waals surface area contributed by atoms with E-state index in [1.165, 1.54) is 0 Å². The van der Waals surface area contributed by atoms with Crippen molar-refractivity contribution in [2.24, 2.45) is 0 Å². The third-order valence-corrected chi connectivity index (χ3v) is 5.42. The molecule has 0 aliphatic carbocycles. The molecule has 2 aliphatic heterocycles. The van der Waals surface area contributed by atoms with Gasteiger partial charge in [-0.3, -0.25) is 4.79 Å². The fourth-order valence-corrected chi connectivity index (χ4v) is 4.01. The molecule has 2 saturated heterocycles. The summed E-state index contributed by atoms with van der Waals surface area (Å²) >= 11 is 0. The average molecular weight is 370 g/mol. The summed E-state index contributed by atoms with van der Waals surface area (Å²) in [5, 5.41) is 12.9. The van der Waals surface area contributed by atoms with Gasteiger partial charge in [-0.15, -0.1) is 0 Å². The first-order valence-corrected chi connectivity index (χ1v) is 9.63. The molecule has 2 fully saturated rings. The molecule has 2 rings (SSSR count). The number of nitrogens with zero attached hydrogens (tertiary/aromatic N) is 1. The number of aliphatic carboxylic acids is 1. The van der Waals surface area contributed by atoms with Crippen LogP contribution in [0.1, 0.15) is 66.7 Å². The fraction of sp³-hybridized carbons (Fsp3) is 0.895. The predicted molar refractivity (Wildman–Crippen MR) is 98.2 cm³/mol. The van der Waals surface area contributed by atoms with Crippen LogP contribution in [0.5, 0.6) is 0 Å². The number of nitrogens with one attached hydrogen (secondary N) is 1. The Morgan fingerprint density at radius 3 is 2.38 bits per heavy atom. The number of carbonyl (C=O) groups excluding carboxylic acids is 1. The highest BCUT2D eigenvalue weighted by Gasteiger charge is 2.50. The van der Waals surface area contributed by atoms with Crippen LogP contribution in [0.4, 0.5) is 4.79 Å². The van der Waals surface area contributed by atoms with Gasteiger partial charge < -0.3 is 24.8 Å². The standard InChI is InChI=1S/C19H34N2O5/c1-6-19(7-2)10-14(8-9-25-19)20-18(11-15(22)23)12-21(13-18)16(24)26-17(3,4)5/h14,20H,6-13H2,1-5H3,(H,22,23). The van der Waals surface area contributed by atoms with Crippen LogP contribution in [0.15, 0.2) is 0 Å². The molecule has 1 amide bonds. The van der Waals surface area contributed by atoms with E-state index in [1.807, 2.05) is 20.8 Å². The Hall–Kier alpha value is -1.34. The van der Waals surface area contributed by atoms with Crippen molar-refractivity contribution in [3.8, 4) is 0 Å². The molecule has 150 valence electrons. The molecule has 0 saturated carbocycles. The van der Waals surface area contributed by atoms with E-state index in [0.717, 1.165) is 25.7 Å². The smallest absolute Gasteiger partial charge is 0.410 e. The number of carboxylic acids is 1. The van der Waals surface area contributed by atoms with E-state index in [-0.39, 0.29) is 24.2 Å². The molecule has 7 heteroatoms. The van der Waals surface area contributed by atoms with Crippen molar-refractivity contribution in [2.75, 3.05) is 19.7 Å². The number of carboxylic acid groups (broad SMARTS) is 1. The quantitative estimate of drug-likeness (QED) is 0.747. The van der Waals surface area contributed by atoms with Gasteiger partial charge in [0.15, 0.2) is 0 Å². The summed E-state index contributed by atoms with van der Waals surface area (Å²) < 4.78 is 11.4. The largest absolute Gasteiger partial charge is 0.481 e. The minimum Gasteiger partial charge on any atom is -0.481 e. The summed E-state index contributed by atoms with van der Waals surface area (Å²) in [7, 11) is 0. The van der Waals surface area contributed by atoms with Crippen LogP contribution in [0, 0.1) is 0 Å². The molecule has 2 heterocycles. The van der Waals surface area contributed by atoms with E-state index in [2.05, 4.69) is 19.2 Å². The summed E-state index contributed by atoms with van der Waals surface area (Å²) in [6.45, 7) is 11.1. The minimum absolute atomic E-state index is 0.00505. The van der Waals surface area contributed by atoms with Crippen LogP contribution in [0.3, 0.4) is 0 Å². The number of carbonyl (C=O) groups is 2. The van der Waals surface area contributed by atoms with Crippen molar-refractivity contribution >= 4 is 12.1 Å². The van der Waals surface area contributed by atoms with Gasteiger partial charge in [0, 0.05) is 25.7 Å². The highest BCUT2D eigenvalue weighted by Crippen LogP contribution is 2.34. The molecule has 1 atom stereocenters. The molecular formula is C19H34N2O5. The number of likely N-dealkylation sites (tertiary alicyclic amines) is 1. The normalized spacial score (nSPS) is 24.7. The van der Waals surface area contributed by atoms with Crippen LogP contribution in [-0.2, 0) is 14.3 Å². The zero-order valence-electron chi connectivity index (χ0n) is 16.8. The van der Waals surface area contributed by atoms with E-state index >= 15 is 0 Å². The van der Waals surface area contributed by atoms with Crippen molar-refractivity contribution in [3.05, 3.63) is 0 Å². The molecule has 0 aromatic rings. The number of ether oxygens (including phenoxy) is 2. The lowest BCUT2D eigenvalue weighted by molar-refractivity contribution is -0.142. The summed E-state index contributed by atoms with van der Waals surface area (Å²) in [6.07, 6.45) is 3.22. The SMILES string of the molecule is CCC1(CC)CC(NC2(CC(=O)O)CN(C(=O)OC(C)(C)C)C2)CCO1. The number of rotatable bonds is 6. The first-order valence-electron chi connectivity index (χ1n) is 9.63. The average Bonchev–Trinajstić information content (AvgIpc) is 2.49. The minimum atomic E-state index is -0.856. The van der Waals surface area contributed by atoms with Gasteiger partial charge in [-0.05, 0) is 46.5 Å². The van der Waals surface area contributed by atoms with Gasteiger partial charge in [-0.25, -0.2) is 4.79 Å². The van der Waals surface area contributed by atoms with Gasteiger partial charge in [0.2, 0.25) is 0 Å². The summed E-state index contributed by atoms with van der Waals surface area (Å²) in [5.41, 5.74) is -1.27. The summed E-state index contributed by atoms with van der Waals surface area (Å²) in [4.78, 5) is 25.2. The van der Waals surface area contributed by atoms with Gasteiger partial charge in [0.25, 0.3) is 0 Å². The maximum absolute atomic E-state index is 12.2. The summed E-state index contributed by atoms with van der Waals surface area (Å²) in [5.74, 6) is -0.856. The number of amides is 1. The van der Waals surface area contributed by atoms with Gasteiger partial charge >= 0.3 is 12.1 Å². The predicted octanol–water partition coefficient (Wildman–Crippen LogP) is 2.78. The van der Waals surface area contributed by atoms with Crippen LogP contribution >= 0.6 is 0 Å². The maximum atomic E-state index is 12.2. The Bertz CT molecular complexity index is 519. The first-order chi connectivity index (χ1) is 12.0. The second kappa shape index (κ2) is 7.72. The molecule has 2 N–H and O–H groups in total. The number of hydrogen-bond donors (Lipinski definition) is 2. The van der Waals surface area contributed by atoms with Crippen molar-refractivity contribution in [3.63, 3.8) is 0 Å². The van der Waals surface area contributed by atoms with Crippen molar-refractivity contribution in [1.82, 2.24) is 10.2 Å². The van der Waals surface area contributed by atoms with E-state index in [0.29, 0.717) is 19.7 Å². The Labute approximate surface area is 156 Å².